The maximum absolute atomic E-state index is 13.1. The molecule has 0 bridgehead atoms. The molecule has 4 nitrogen and oxygen atoms in total. The van der Waals surface area contributed by atoms with E-state index in [4.69, 9.17) is 4.74 Å². The molecule has 1 aliphatic carbocycles. The molecule has 2 aromatic rings. The van der Waals surface area contributed by atoms with Crippen LogP contribution >= 0.6 is 0 Å². The molecule has 4 heteroatoms. The summed E-state index contributed by atoms with van der Waals surface area (Å²) in [5.74, 6) is 1.86. The number of nitrogens with one attached hydrogen (secondary N) is 1. The van der Waals surface area contributed by atoms with Crippen molar-refractivity contribution < 1.29 is 9.53 Å². The number of amides is 1. The van der Waals surface area contributed by atoms with Crippen molar-refractivity contribution in [3.8, 4) is 5.75 Å². The van der Waals surface area contributed by atoms with E-state index >= 15 is 0 Å². The van der Waals surface area contributed by atoms with Gasteiger partial charge in [0.2, 0.25) is 0 Å². The van der Waals surface area contributed by atoms with Gasteiger partial charge in [0.15, 0.2) is 0 Å². The van der Waals surface area contributed by atoms with E-state index < -0.39 is 0 Å². The normalized spacial score (nSPS) is 21.2. The monoisotopic (exact) mass is 418 g/mol. The van der Waals surface area contributed by atoms with Crippen LogP contribution in [0.1, 0.15) is 73.5 Å². The molecular formula is C27H34N2O2. The molecule has 1 N–H and O–H groups in total. The Labute approximate surface area is 186 Å². The smallest absolute Gasteiger partial charge is 0.253 e. The zero-order valence-electron chi connectivity index (χ0n) is 18.9. The Bertz CT molecular complexity index is 929. The molecule has 3 unspecified atom stereocenters. The quantitative estimate of drug-likeness (QED) is 0.521. The highest BCUT2D eigenvalue weighted by Crippen LogP contribution is 2.50. The van der Waals surface area contributed by atoms with Gasteiger partial charge in [-0.1, -0.05) is 38.1 Å². The van der Waals surface area contributed by atoms with Gasteiger partial charge in [0.25, 0.3) is 5.91 Å². The standard InChI is InChI=1S/C27H34N2O2/c1-4-16-29(17-5-2)27(30)20-12-15-25-24(18-20)22-8-7-9-23(22)26(28-25)19-10-13-21(14-11-19)31-6-3/h7-8,10-15,18,22-23,26,28H,4-6,9,16-17H2,1-3H3. The first-order valence-corrected chi connectivity index (χ1v) is 11.7. The van der Waals surface area contributed by atoms with Gasteiger partial charge in [-0.25, -0.2) is 0 Å². The Morgan fingerprint density at radius 2 is 1.81 bits per heavy atom. The molecule has 0 saturated heterocycles. The molecule has 1 aliphatic heterocycles. The first-order chi connectivity index (χ1) is 15.2. The number of carbonyl (C=O) groups is 1. The van der Waals surface area contributed by atoms with E-state index in [2.05, 4.69) is 67.7 Å². The first kappa shape index (κ1) is 21.5. The zero-order chi connectivity index (χ0) is 21.8. The van der Waals surface area contributed by atoms with E-state index in [9.17, 15) is 4.79 Å². The van der Waals surface area contributed by atoms with E-state index in [1.165, 1.54) is 11.1 Å². The highest BCUT2D eigenvalue weighted by Gasteiger charge is 2.38. The number of allylic oxidation sites excluding steroid dienone is 2. The minimum atomic E-state index is 0.152. The molecule has 0 radical (unpaired) electrons. The van der Waals surface area contributed by atoms with Gasteiger partial charge >= 0.3 is 0 Å². The molecular weight excluding hydrogens is 384 g/mol. The van der Waals surface area contributed by atoms with E-state index in [-0.39, 0.29) is 11.9 Å². The number of benzene rings is 2. The Balaban J connectivity index is 1.61. The Hall–Kier alpha value is -2.75. The van der Waals surface area contributed by atoms with Crippen molar-refractivity contribution in [1.82, 2.24) is 4.90 Å². The van der Waals surface area contributed by atoms with E-state index in [0.29, 0.717) is 18.4 Å². The zero-order valence-corrected chi connectivity index (χ0v) is 18.9. The van der Waals surface area contributed by atoms with Crippen LogP contribution in [0.25, 0.3) is 0 Å². The Morgan fingerprint density at radius 3 is 2.48 bits per heavy atom. The first-order valence-electron chi connectivity index (χ1n) is 11.7. The van der Waals surface area contributed by atoms with E-state index in [1.54, 1.807) is 0 Å². The number of carbonyl (C=O) groups excluding carboxylic acids is 1. The van der Waals surface area contributed by atoms with Crippen molar-refractivity contribution in [1.29, 1.82) is 0 Å². The minimum Gasteiger partial charge on any atom is -0.494 e. The predicted octanol–water partition coefficient (Wildman–Crippen LogP) is 6.17. The summed E-state index contributed by atoms with van der Waals surface area (Å²) in [6.45, 7) is 8.56. The van der Waals surface area contributed by atoms with Crippen LogP contribution in [0.4, 0.5) is 5.69 Å². The van der Waals surface area contributed by atoms with Crippen LogP contribution in [0, 0.1) is 5.92 Å². The van der Waals surface area contributed by atoms with Crippen LogP contribution in [-0.4, -0.2) is 30.5 Å². The Kier molecular flexibility index (Phi) is 6.64. The maximum atomic E-state index is 13.1. The van der Waals surface area contributed by atoms with Gasteiger partial charge in [-0.2, -0.15) is 0 Å². The van der Waals surface area contributed by atoms with Gasteiger partial charge < -0.3 is 15.0 Å². The molecule has 2 aromatic carbocycles. The lowest BCUT2D eigenvalue weighted by Gasteiger charge is -2.38. The third-order valence-electron chi connectivity index (χ3n) is 6.43. The molecule has 3 atom stereocenters. The molecule has 0 aromatic heterocycles. The third kappa shape index (κ3) is 4.34. The third-order valence-corrected chi connectivity index (χ3v) is 6.43. The van der Waals surface area contributed by atoms with Crippen molar-refractivity contribution in [2.75, 3.05) is 25.0 Å². The fourth-order valence-electron chi connectivity index (χ4n) is 5.03. The van der Waals surface area contributed by atoms with Gasteiger partial charge in [-0.3, -0.25) is 4.79 Å². The van der Waals surface area contributed by atoms with Gasteiger partial charge in [-0.05, 0) is 73.6 Å². The summed E-state index contributed by atoms with van der Waals surface area (Å²) in [5, 5.41) is 3.78. The lowest BCUT2D eigenvalue weighted by atomic mass is 9.76. The second-order valence-electron chi connectivity index (χ2n) is 8.57. The second kappa shape index (κ2) is 9.59. The average molecular weight is 419 g/mol. The van der Waals surface area contributed by atoms with Crippen molar-refractivity contribution in [2.24, 2.45) is 5.92 Å². The number of hydrogen-bond donors (Lipinski definition) is 1. The maximum Gasteiger partial charge on any atom is 0.253 e. The van der Waals surface area contributed by atoms with Crippen LogP contribution < -0.4 is 10.1 Å². The van der Waals surface area contributed by atoms with Crippen LogP contribution in [0.15, 0.2) is 54.6 Å². The number of fused-ring (bicyclic) bond motifs is 3. The lowest BCUT2D eigenvalue weighted by molar-refractivity contribution is 0.0755. The topological polar surface area (TPSA) is 41.6 Å². The van der Waals surface area contributed by atoms with Gasteiger partial charge in [0.1, 0.15) is 5.75 Å². The minimum absolute atomic E-state index is 0.152. The van der Waals surface area contributed by atoms with Gasteiger partial charge in [0.05, 0.1) is 12.6 Å². The Morgan fingerprint density at radius 1 is 1.06 bits per heavy atom. The molecule has 0 saturated carbocycles. The SMILES string of the molecule is CCCN(CCC)C(=O)c1ccc2c(c1)C1C=CCC1C(c1ccc(OCC)cc1)N2. The molecule has 31 heavy (non-hydrogen) atoms. The fourth-order valence-corrected chi connectivity index (χ4v) is 5.03. The highest BCUT2D eigenvalue weighted by atomic mass is 16.5. The van der Waals surface area contributed by atoms with Crippen LogP contribution in [-0.2, 0) is 0 Å². The number of rotatable bonds is 8. The van der Waals surface area contributed by atoms with E-state index in [0.717, 1.165) is 49.4 Å². The molecule has 2 aliphatic rings. The number of nitrogens with zero attached hydrogens (tertiary/aromatic N) is 1. The summed E-state index contributed by atoms with van der Waals surface area (Å²) < 4.78 is 5.61. The molecule has 164 valence electrons. The van der Waals surface area contributed by atoms with Crippen LogP contribution in [0.5, 0.6) is 5.75 Å². The number of ether oxygens (including phenoxy) is 1. The summed E-state index contributed by atoms with van der Waals surface area (Å²) in [6.07, 6.45) is 7.63. The van der Waals surface area contributed by atoms with Crippen LogP contribution in [0.2, 0.25) is 0 Å². The van der Waals surface area contributed by atoms with Crippen molar-refractivity contribution >= 4 is 11.6 Å². The van der Waals surface area contributed by atoms with Crippen molar-refractivity contribution in [3.63, 3.8) is 0 Å². The molecule has 4 rings (SSSR count). The number of hydrogen-bond acceptors (Lipinski definition) is 3. The summed E-state index contributed by atoms with van der Waals surface area (Å²) in [7, 11) is 0. The molecule has 1 amide bonds. The van der Waals surface area contributed by atoms with Crippen molar-refractivity contribution in [3.05, 3.63) is 71.3 Å². The second-order valence-corrected chi connectivity index (χ2v) is 8.57. The van der Waals surface area contributed by atoms with Gasteiger partial charge in [0, 0.05) is 30.3 Å². The molecule has 1 heterocycles. The fraction of sp³-hybridized carbons (Fsp3) is 0.444. The van der Waals surface area contributed by atoms with Crippen LogP contribution in [0.3, 0.4) is 0 Å². The average Bonchev–Trinajstić information content (AvgIpc) is 3.29. The van der Waals surface area contributed by atoms with Crippen molar-refractivity contribution in [2.45, 2.75) is 52.0 Å². The molecule has 0 fully saturated rings. The highest BCUT2D eigenvalue weighted by molar-refractivity contribution is 5.95. The molecule has 0 spiro atoms. The largest absolute Gasteiger partial charge is 0.494 e. The number of anilines is 1. The summed E-state index contributed by atoms with van der Waals surface area (Å²) in [4.78, 5) is 15.1. The van der Waals surface area contributed by atoms with E-state index in [1.807, 2.05) is 17.9 Å². The van der Waals surface area contributed by atoms with Gasteiger partial charge in [-0.15, -0.1) is 0 Å². The predicted molar refractivity (Wildman–Crippen MR) is 127 cm³/mol. The lowest BCUT2D eigenvalue weighted by Crippen LogP contribution is -2.33. The summed E-state index contributed by atoms with van der Waals surface area (Å²) >= 11 is 0. The summed E-state index contributed by atoms with van der Waals surface area (Å²) in [5.41, 5.74) is 4.48. The summed E-state index contributed by atoms with van der Waals surface area (Å²) in [6, 6.07) is 14.9.